The third-order valence-electron chi connectivity index (χ3n) is 5.01. The van der Waals surface area contributed by atoms with Crippen molar-refractivity contribution in [3.8, 4) is 11.4 Å². The molecule has 0 N–H and O–H groups in total. The fourth-order valence-electron chi connectivity index (χ4n) is 3.39. The lowest BCUT2D eigenvalue weighted by Crippen LogP contribution is -2.49. The Kier molecular flexibility index (Phi) is 4.78. The average molecular weight is 340 g/mol. The monoisotopic (exact) mass is 340 g/mol. The van der Waals surface area contributed by atoms with Gasteiger partial charge in [0.25, 0.3) is 0 Å². The van der Waals surface area contributed by atoms with E-state index in [2.05, 4.69) is 15.0 Å². The van der Waals surface area contributed by atoms with E-state index in [4.69, 9.17) is 4.52 Å². The molecule has 4 rings (SSSR count). The molecule has 2 heterocycles. The number of rotatable bonds is 6. The van der Waals surface area contributed by atoms with Crippen LogP contribution in [0.3, 0.4) is 0 Å². The minimum atomic E-state index is 0.248. The van der Waals surface area contributed by atoms with Crippen LogP contribution in [0.4, 0.5) is 0 Å². The van der Waals surface area contributed by atoms with Gasteiger partial charge in [-0.1, -0.05) is 35.5 Å². The molecule has 0 atom stereocenters. The van der Waals surface area contributed by atoms with Crippen LogP contribution in [0.25, 0.3) is 11.4 Å². The quantitative estimate of drug-likeness (QED) is 0.808. The first kappa shape index (κ1) is 16.3. The van der Waals surface area contributed by atoms with E-state index in [0.29, 0.717) is 24.6 Å². The molecule has 0 unspecified atom stereocenters. The van der Waals surface area contributed by atoms with Crippen LogP contribution in [0.15, 0.2) is 34.9 Å². The zero-order chi connectivity index (χ0) is 17.1. The summed E-state index contributed by atoms with van der Waals surface area (Å²) in [6.45, 7) is 3.79. The molecule has 1 saturated heterocycles. The van der Waals surface area contributed by atoms with Crippen LogP contribution in [-0.4, -0.2) is 58.1 Å². The van der Waals surface area contributed by atoms with Gasteiger partial charge in [-0.15, -0.1) is 0 Å². The van der Waals surface area contributed by atoms with Crippen molar-refractivity contribution in [2.45, 2.75) is 38.1 Å². The van der Waals surface area contributed by atoms with Gasteiger partial charge in [-0.05, 0) is 19.3 Å². The summed E-state index contributed by atoms with van der Waals surface area (Å²) in [5.74, 6) is 1.46. The number of hydrogen-bond donors (Lipinski definition) is 0. The van der Waals surface area contributed by atoms with E-state index >= 15 is 0 Å². The fraction of sp³-hybridized carbons (Fsp3) is 0.526. The molecule has 0 spiro atoms. The Morgan fingerprint density at radius 2 is 1.88 bits per heavy atom. The highest BCUT2D eigenvalue weighted by Crippen LogP contribution is 2.27. The molecule has 1 aliphatic heterocycles. The second-order valence-corrected chi connectivity index (χ2v) is 6.88. The predicted octanol–water partition coefficient (Wildman–Crippen LogP) is 2.37. The number of piperazine rings is 1. The zero-order valence-corrected chi connectivity index (χ0v) is 14.4. The minimum absolute atomic E-state index is 0.248. The molecule has 132 valence electrons. The van der Waals surface area contributed by atoms with E-state index in [1.54, 1.807) is 0 Å². The molecule has 2 aromatic rings. The summed E-state index contributed by atoms with van der Waals surface area (Å²) < 4.78 is 5.30. The summed E-state index contributed by atoms with van der Waals surface area (Å²) in [4.78, 5) is 21.3. The van der Waals surface area contributed by atoms with Gasteiger partial charge < -0.3 is 9.42 Å². The third kappa shape index (κ3) is 4.07. The molecule has 0 bridgehead atoms. The number of benzene rings is 1. The summed E-state index contributed by atoms with van der Waals surface area (Å²) in [7, 11) is 0. The van der Waals surface area contributed by atoms with Crippen molar-refractivity contribution >= 4 is 5.91 Å². The van der Waals surface area contributed by atoms with Crippen molar-refractivity contribution < 1.29 is 9.32 Å². The molecule has 1 aromatic carbocycles. The highest BCUT2D eigenvalue weighted by molar-refractivity contribution is 5.76. The van der Waals surface area contributed by atoms with E-state index in [9.17, 15) is 4.79 Å². The van der Waals surface area contributed by atoms with Crippen molar-refractivity contribution in [1.82, 2.24) is 19.9 Å². The van der Waals surface area contributed by atoms with Gasteiger partial charge in [0, 0.05) is 50.6 Å². The second-order valence-electron chi connectivity index (χ2n) is 6.88. The molecule has 0 radical (unpaired) electrons. The Balaban J connectivity index is 1.21. The predicted molar refractivity (Wildman–Crippen MR) is 93.8 cm³/mol. The Morgan fingerprint density at radius 3 is 2.60 bits per heavy atom. The van der Waals surface area contributed by atoms with Crippen molar-refractivity contribution in [2.75, 3.05) is 26.2 Å². The molecular formula is C19H24N4O2. The SMILES string of the molecule is O=C(CCCc1nc(-c2ccccc2)no1)N1CCN(C2CC2)CC1. The van der Waals surface area contributed by atoms with Gasteiger partial charge in [-0.25, -0.2) is 0 Å². The normalized spacial score (nSPS) is 18.5. The van der Waals surface area contributed by atoms with Gasteiger partial charge in [0.05, 0.1) is 0 Å². The van der Waals surface area contributed by atoms with Crippen LogP contribution < -0.4 is 0 Å². The maximum atomic E-state index is 12.3. The largest absolute Gasteiger partial charge is 0.340 e. The lowest BCUT2D eigenvalue weighted by molar-refractivity contribution is -0.133. The number of amides is 1. The van der Waals surface area contributed by atoms with E-state index in [1.807, 2.05) is 35.2 Å². The van der Waals surface area contributed by atoms with Crippen LogP contribution in [0.5, 0.6) is 0 Å². The van der Waals surface area contributed by atoms with Gasteiger partial charge >= 0.3 is 0 Å². The van der Waals surface area contributed by atoms with Crippen molar-refractivity contribution in [2.24, 2.45) is 0 Å². The summed E-state index contributed by atoms with van der Waals surface area (Å²) in [6, 6.07) is 10.6. The topological polar surface area (TPSA) is 62.5 Å². The number of hydrogen-bond acceptors (Lipinski definition) is 5. The minimum Gasteiger partial charge on any atom is -0.340 e. The Morgan fingerprint density at radius 1 is 1.12 bits per heavy atom. The summed E-state index contributed by atoms with van der Waals surface area (Å²) in [6.07, 6.45) is 4.62. The lowest BCUT2D eigenvalue weighted by Gasteiger charge is -2.34. The van der Waals surface area contributed by atoms with E-state index in [1.165, 1.54) is 12.8 Å². The molecule has 2 aliphatic rings. The molecule has 1 aliphatic carbocycles. The average Bonchev–Trinajstić information content (AvgIpc) is 3.41. The van der Waals surface area contributed by atoms with Crippen LogP contribution in [0.2, 0.25) is 0 Å². The molecule has 1 aromatic heterocycles. The maximum Gasteiger partial charge on any atom is 0.226 e. The standard InChI is InChI=1S/C19H24N4O2/c24-18(23-13-11-22(12-14-23)16-9-10-16)8-4-7-17-20-19(21-25-17)15-5-2-1-3-6-15/h1-3,5-6,16H,4,7-14H2. The zero-order valence-electron chi connectivity index (χ0n) is 14.4. The lowest BCUT2D eigenvalue weighted by atomic mass is 10.2. The molecule has 2 fully saturated rings. The number of nitrogens with zero attached hydrogens (tertiary/aromatic N) is 4. The molecule has 25 heavy (non-hydrogen) atoms. The highest BCUT2D eigenvalue weighted by atomic mass is 16.5. The Bertz CT molecular complexity index is 703. The number of aryl methyl sites for hydroxylation is 1. The van der Waals surface area contributed by atoms with Crippen molar-refractivity contribution in [3.63, 3.8) is 0 Å². The first-order chi connectivity index (χ1) is 12.3. The van der Waals surface area contributed by atoms with Crippen LogP contribution in [-0.2, 0) is 11.2 Å². The van der Waals surface area contributed by atoms with Crippen LogP contribution in [0.1, 0.15) is 31.6 Å². The maximum absolute atomic E-state index is 12.3. The second kappa shape index (κ2) is 7.35. The van der Waals surface area contributed by atoms with Crippen LogP contribution in [0, 0.1) is 0 Å². The summed E-state index contributed by atoms with van der Waals surface area (Å²) >= 11 is 0. The number of aromatic nitrogens is 2. The molecule has 1 amide bonds. The fourth-order valence-corrected chi connectivity index (χ4v) is 3.39. The van der Waals surface area contributed by atoms with Gasteiger partial charge in [-0.2, -0.15) is 4.98 Å². The third-order valence-corrected chi connectivity index (χ3v) is 5.01. The van der Waals surface area contributed by atoms with E-state index in [0.717, 1.165) is 44.2 Å². The smallest absolute Gasteiger partial charge is 0.226 e. The van der Waals surface area contributed by atoms with Gasteiger partial charge in [0.1, 0.15) is 0 Å². The Hall–Kier alpha value is -2.21. The van der Waals surface area contributed by atoms with Gasteiger partial charge in [-0.3, -0.25) is 9.69 Å². The van der Waals surface area contributed by atoms with E-state index in [-0.39, 0.29) is 5.91 Å². The highest BCUT2D eigenvalue weighted by Gasteiger charge is 2.32. The van der Waals surface area contributed by atoms with Gasteiger partial charge in [0.2, 0.25) is 17.6 Å². The molecular weight excluding hydrogens is 316 g/mol. The summed E-state index contributed by atoms with van der Waals surface area (Å²) in [5, 5.41) is 4.02. The first-order valence-electron chi connectivity index (χ1n) is 9.19. The number of carbonyl (C=O) groups is 1. The van der Waals surface area contributed by atoms with E-state index < -0.39 is 0 Å². The van der Waals surface area contributed by atoms with Crippen molar-refractivity contribution in [3.05, 3.63) is 36.2 Å². The number of carbonyl (C=O) groups excluding carboxylic acids is 1. The molecule has 1 saturated carbocycles. The van der Waals surface area contributed by atoms with Crippen molar-refractivity contribution in [1.29, 1.82) is 0 Å². The summed E-state index contributed by atoms with van der Waals surface area (Å²) in [5.41, 5.74) is 0.946. The Labute approximate surface area is 147 Å². The van der Waals surface area contributed by atoms with Gasteiger partial charge in [0.15, 0.2) is 0 Å². The van der Waals surface area contributed by atoms with Crippen LogP contribution >= 0.6 is 0 Å². The molecule has 6 nitrogen and oxygen atoms in total. The molecule has 6 heteroatoms. The first-order valence-corrected chi connectivity index (χ1v) is 9.19.